The molecule has 0 fully saturated rings. The van der Waals surface area contributed by atoms with Crippen LogP contribution in [0.1, 0.15) is 90.4 Å². The van der Waals surface area contributed by atoms with Crippen molar-refractivity contribution < 1.29 is 47.4 Å². The first-order valence-corrected chi connectivity index (χ1v) is 16.0. The van der Waals surface area contributed by atoms with Crippen molar-refractivity contribution in [2.45, 2.75) is 145 Å². The van der Waals surface area contributed by atoms with Crippen molar-refractivity contribution in [2.24, 2.45) is 0 Å². The average molecular weight is 623 g/mol. The molecule has 43 heavy (non-hydrogen) atoms. The topological polar surface area (TPSA) is 100 Å². The third-order valence-corrected chi connectivity index (χ3v) is 8.70. The van der Waals surface area contributed by atoms with Crippen molar-refractivity contribution in [3.63, 3.8) is 0 Å². The highest BCUT2D eigenvalue weighted by molar-refractivity contribution is 5.50. The lowest BCUT2D eigenvalue weighted by molar-refractivity contribution is -0.110. The molecule has 0 aliphatic carbocycles. The molecule has 258 valence electrons. The highest BCUT2D eigenvalue weighted by atomic mass is 16.5. The van der Waals surface area contributed by atoms with Crippen LogP contribution in [0.2, 0.25) is 0 Å². The van der Waals surface area contributed by atoms with E-state index in [4.69, 9.17) is 42.6 Å². The van der Waals surface area contributed by atoms with E-state index in [0.29, 0.717) is 38.5 Å². The maximum atomic E-state index is 11.0. The van der Waals surface area contributed by atoms with Gasteiger partial charge in [0.05, 0.1) is 54.9 Å². The Morgan fingerprint density at radius 2 is 0.651 bits per heavy atom. The number of unbranched alkanes of at least 4 members (excludes halogenated alkanes) is 2. The van der Waals surface area contributed by atoms with E-state index in [9.17, 15) is 4.79 Å². The van der Waals surface area contributed by atoms with Crippen molar-refractivity contribution in [2.75, 3.05) is 64.0 Å². The Balaban J connectivity index is 5.13. The molecule has 9 atom stereocenters. The van der Waals surface area contributed by atoms with Gasteiger partial charge in [0.15, 0.2) is 0 Å². The number of hydrogen-bond acceptors (Lipinski definition) is 10. The summed E-state index contributed by atoms with van der Waals surface area (Å²) < 4.78 is 52.1. The van der Waals surface area contributed by atoms with Crippen LogP contribution in [0.3, 0.4) is 0 Å². The summed E-state index contributed by atoms with van der Waals surface area (Å²) in [4.78, 5) is 11.0. The van der Waals surface area contributed by atoms with Gasteiger partial charge in [0.1, 0.15) is 6.29 Å². The third-order valence-electron chi connectivity index (χ3n) is 8.70. The van der Waals surface area contributed by atoms with Gasteiger partial charge in [-0.05, 0) is 51.4 Å². The summed E-state index contributed by atoms with van der Waals surface area (Å²) in [5, 5.41) is 0. The molecule has 0 saturated heterocycles. The lowest BCUT2D eigenvalue weighted by Gasteiger charge is -2.30. The first-order valence-electron chi connectivity index (χ1n) is 16.0. The molecule has 0 amide bonds. The van der Waals surface area contributed by atoms with Gasteiger partial charge in [-0.1, -0.05) is 26.2 Å². The zero-order valence-electron chi connectivity index (χ0n) is 29.0. The number of hydrogen-bond donors (Lipinski definition) is 0. The molecular weight excluding hydrogens is 556 g/mol. The SMILES string of the molecule is CCCCC[C@H](C[C@H](C[C@H](C[C@H](C[C@H](C[C@H](C[C@H](C[C@H](C[C@H](CC=O)OC)OC)OC)OC)OC)OC)OC)OC)OC. The third kappa shape index (κ3) is 19.4. The van der Waals surface area contributed by atoms with Gasteiger partial charge < -0.3 is 47.4 Å². The van der Waals surface area contributed by atoms with Crippen molar-refractivity contribution in [3.05, 3.63) is 0 Å². The van der Waals surface area contributed by atoms with Gasteiger partial charge in [0.2, 0.25) is 0 Å². The summed E-state index contributed by atoms with van der Waals surface area (Å²) in [6.45, 7) is 2.21. The van der Waals surface area contributed by atoms with Crippen LogP contribution in [-0.2, 0) is 47.4 Å². The summed E-state index contributed by atoms with van der Waals surface area (Å²) >= 11 is 0. The van der Waals surface area contributed by atoms with E-state index in [-0.39, 0.29) is 54.9 Å². The van der Waals surface area contributed by atoms with Crippen LogP contribution in [-0.4, -0.2) is 125 Å². The molecule has 0 N–H and O–H groups in total. The second-order valence-electron chi connectivity index (χ2n) is 11.5. The Bertz CT molecular complexity index is 624. The first-order chi connectivity index (χ1) is 20.8. The fourth-order valence-corrected chi connectivity index (χ4v) is 5.72. The molecule has 10 heteroatoms. The number of carbonyl (C=O) groups is 1. The minimum Gasteiger partial charge on any atom is -0.381 e. The Labute approximate surface area is 263 Å². The summed E-state index contributed by atoms with van der Waals surface area (Å²) in [5.74, 6) is 0. The molecule has 0 heterocycles. The van der Waals surface area contributed by atoms with E-state index in [1.807, 2.05) is 0 Å². The standard InChI is InChI=1S/C33H66O10/c1-11-12-13-14-25(35-2)17-27(37-4)19-29(39-6)21-31(41-8)23-33(43-10)24-32(42-9)22-30(40-7)20-28(38-5)18-26(36-3)15-16-34/h16,25-33H,11-15,17-24H2,1-10H3/t25-,26+,27-,28+,29-,30+,31-,32+,33-/m1/s1. The van der Waals surface area contributed by atoms with Gasteiger partial charge in [-0.3, -0.25) is 0 Å². The fraction of sp³-hybridized carbons (Fsp3) is 0.970. The van der Waals surface area contributed by atoms with Crippen molar-refractivity contribution in [1.82, 2.24) is 0 Å². The fourth-order valence-electron chi connectivity index (χ4n) is 5.72. The summed E-state index contributed by atoms with van der Waals surface area (Å²) in [6.07, 6.45) is 11.2. The quantitative estimate of drug-likeness (QED) is 0.0737. The van der Waals surface area contributed by atoms with Gasteiger partial charge in [0, 0.05) is 76.8 Å². The van der Waals surface area contributed by atoms with Crippen LogP contribution < -0.4 is 0 Å². The number of aldehydes is 1. The van der Waals surface area contributed by atoms with Crippen molar-refractivity contribution >= 4 is 6.29 Å². The van der Waals surface area contributed by atoms with E-state index < -0.39 is 0 Å². The maximum absolute atomic E-state index is 11.0. The number of methoxy groups -OCH3 is 9. The van der Waals surface area contributed by atoms with E-state index in [1.54, 1.807) is 64.0 Å². The number of carbonyl (C=O) groups excluding carboxylic acids is 1. The minimum absolute atomic E-state index is 0.0160. The lowest BCUT2D eigenvalue weighted by Crippen LogP contribution is -2.34. The molecule has 0 radical (unpaired) electrons. The second kappa shape index (κ2) is 27.6. The first kappa shape index (κ1) is 42.3. The van der Waals surface area contributed by atoms with Gasteiger partial charge >= 0.3 is 0 Å². The molecule has 0 saturated carbocycles. The molecule has 0 rings (SSSR count). The van der Waals surface area contributed by atoms with Gasteiger partial charge in [0.25, 0.3) is 0 Å². The summed E-state index contributed by atoms with van der Waals surface area (Å²) in [6, 6.07) is 0. The van der Waals surface area contributed by atoms with E-state index in [2.05, 4.69) is 6.92 Å². The van der Waals surface area contributed by atoms with Crippen LogP contribution in [0.5, 0.6) is 0 Å². The van der Waals surface area contributed by atoms with Crippen LogP contribution in [0, 0.1) is 0 Å². The minimum atomic E-state index is -0.177. The average Bonchev–Trinajstić information content (AvgIpc) is 3.03. The molecule has 0 spiro atoms. The lowest BCUT2D eigenvalue weighted by atomic mass is 9.94. The number of rotatable bonds is 31. The van der Waals surface area contributed by atoms with Gasteiger partial charge in [-0.25, -0.2) is 0 Å². The van der Waals surface area contributed by atoms with Crippen molar-refractivity contribution in [3.8, 4) is 0 Å². The van der Waals surface area contributed by atoms with E-state index >= 15 is 0 Å². The Kier molecular flexibility index (Phi) is 27.2. The predicted octanol–water partition coefficient (Wildman–Crippen LogP) is 5.41. The Morgan fingerprint density at radius 1 is 0.395 bits per heavy atom. The predicted molar refractivity (Wildman–Crippen MR) is 169 cm³/mol. The second-order valence-corrected chi connectivity index (χ2v) is 11.5. The zero-order chi connectivity index (χ0) is 32.5. The molecule has 0 aromatic heterocycles. The van der Waals surface area contributed by atoms with Crippen molar-refractivity contribution in [1.29, 1.82) is 0 Å². The molecule has 0 aromatic carbocycles. The normalized spacial score (nSPS) is 18.4. The summed E-state index contributed by atoms with van der Waals surface area (Å²) in [5.41, 5.74) is 0. The Morgan fingerprint density at radius 3 is 0.884 bits per heavy atom. The monoisotopic (exact) mass is 622 g/mol. The molecule has 0 bridgehead atoms. The van der Waals surface area contributed by atoms with Crippen LogP contribution in [0.4, 0.5) is 0 Å². The summed E-state index contributed by atoms with van der Waals surface area (Å²) in [7, 11) is 15.5. The van der Waals surface area contributed by atoms with Crippen LogP contribution in [0.15, 0.2) is 0 Å². The molecule has 0 unspecified atom stereocenters. The molecule has 10 nitrogen and oxygen atoms in total. The smallest absolute Gasteiger partial charge is 0.122 e. The Hall–Kier alpha value is -0.690. The largest absolute Gasteiger partial charge is 0.381 e. The highest BCUT2D eigenvalue weighted by Gasteiger charge is 2.28. The molecular formula is C33H66O10. The van der Waals surface area contributed by atoms with Gasteiger partial charge in [-0.15, -0.1) is 0 Å². The molecule has 0 aliphatic rings. The van der Waals surface area contributed by atoms with E-state index in [1.165, 1.54) is 19.3 Å². The number of ether oxygens (including phenoxy) is 9. The maximum Gasteiger partial charge on any atom is 0.122 e. The zero-order valence-corrected chi connectivity index (χ0v) is 29.0. The molecule has 0 aliphatic heterocycles. The van der Waals surface area contributed by atoms with Crippen LogP contribution >= 0.6 is 0 Å². The van der Waals surface area contributed by atoms with Crippen LogP contribution in [0.25, 0.3) is 0 Å². The molecule has 0 aromatic rings. The van der Waals surface area contributed by atoms with E-state index in [0.717, 1.165) is 32.0 Å². The highest BCUT2D eigenvalue weighted by Crippen LogP contribution is 2.25. The van der Waals surface area contributed by atoms with Gasteiger partial charge in [-0.2, -0.15) is 0 Å².